The van der Waals surface area contributed by atoms with Crippen molar-refractivity contribution >= 4 is 5.82 Å². The summed E-state index contributed by atoms with van der Waals surface area (Å²) in [5, 5.41) is 8.97. The third-order valence-corrected chi connectivity index (χ3v) is 2.66. The fourth-order valence-electron chi connectivity index (χ4n) is 1.94. The van der Waals surface area contributed by atoms with E-state index in [0.29, 0.717) is 5.56 Å². The average Bonchev–Trinajstić information content (AvgIpc) is 2.29. The number of anilines is 1. The first-order valence-corrected chi connectivity index (χ1v) is 5.17. The first-order chi connectivity index (χ1) is 7.31. The molecule has 1 aromatic rings. The van der Waals surface area contributed by atoms with Crippen molar-refractivity contribution in [3.8, 4) is 6.07 Å². The molecule has 0 aromatic carbocycles. The second-order valence-electron chi connectivity index (χ2n) is 3.83. The molecule has 0 spiro atoms. The van der Waals surface area contributed by atoms with Gasteiger partial charge in [0.15, 0.2) is 0 Å². The summed E-state index contributed by atoms with van der Waals surface area (Å²) in [5.74, 6) is 0.773. The lowest BCUT2D eigenvalue weighted by atomic mass is 10.1. The molecule has 0 saturated carbocycles. The van der Waals surface area contributed by atoms with Gasteiger partial charge in [0.05, 0.1) is 5.56 Å². The number of hydrogen-bond acceptors (Lipinski definition) is 4. The van der Waals surface area contributed by atoms with Crippen molar-refractivity contribution in [3.05, 3.63) is 23.9 Å². The monoisotopic (exact) mass is 202 g/mol. The lowest BCUT2D eigenvalue weighted by molar-refractivity contribution is 0.503. The van der Waals surface area contributed by atoms with E-state index >= 15 is 0 Å². The Bertz CT molecular complexity index is 382. The van der Waals surface area contributed by atoms with Crippen LogP contribution in [0.15, 0.2) is 18.3 Å². The molecule has 0 radical (unpaired) electrons. The van der Waals surface area contributed by atoms with Crippen LogP contribution in [0.5, 0.6) is 0 Å². The normalized spacial score (nSPS) is 21.1. The molecule has 1 aromatic heterocycles. The summed E-state index contributed by atoms with van der Waals surface area (Å²) >= 11 is 0. The molecule has 2 N–H and O–H groups in total. The highest BCUT2D eigenvalue weighted by molar-refractivity contribution is 5.53. The summed E-state index contributed by atoms with van der Waals surface area (Å²) in [4.78, 5) is 6.36. The van der Waals surface area contributed by atoms with Crippen molar-refractivity contribution < 1.29 is 0 Å². The van der Waals surface area contributed by atoms with Gasteiger partial charge in [-0.3, -0.25) is 0 Å². The second kappa shape index (κ2) is 4.28. The Balaban J connectivity index is 2.25. The van der Waals surface area contributed by atoms with Crippen LogP contribution in [0.4, 0.5) is 5.82 Å². The molecule has 2 heterocycles. The largest absolute Gasteiger partial charge is 0.354 e. The van der Waals surface area contributed by atoms with Crippen LogP contribution < -0.4 is 10.6 Å². The van der Waals surface area contributed by atoms with E-state index in [1.165, 1.54) is 0 Å². The summed E-state index contributed by atoms with van der Waals surface area (Å²) in [6.45, 7) is 1.74. The van der Waals surface area contributed by atoms with E-state index in [9.17, 15) is 0 Å². The number of aromatic nitrogens is 1. The van der Waals surface area contributed by atoms with Gasteiger partial charge in [-0.05, 0) is 25.0 Å². The molecule has 2 rings (SSSR count). The number of pyridine rings is 1. The van der Waals surface area contributed by atoms with Crippen LogP contribution in [-0.2, 0) is 0 Å². The van der Waals surface area contributed by atoms with E-state index in [-0.39, 0.29) is 6.04 Å². The lowest BCUT2D eigenvalue weighted by Gasteiger charge is -2.32. The maximum atomic E-state index is 8.97. The van der Waals surface area contributed by atoms with Crippen LogP contribution in [0.3, 0.4) is 0 Å². The molecule has 0 bridgehead atoms. The Labute approximate surface area is 89.3 Å². The fraction of sp³-hybridized carbons (Fsp3) is 0.455. The molecule has 1 aliphatic heterocycles. The third kappa shape index (κ3) is 2.08. The van der Waals surface area contributed by atoms with Gasteiger partial charge in [-0.25, -0.2) is 4.98 Å². The number of piperidine rings is 1. The fourth-order valence-corrected chi connectivity index (χ4v) is 1.94. The summed E-state index contributed by atoms with van der Waals surface area (Å²) in [6.07, 6.45) is 3.85. The van der Waals surface area contributed by atoms with Gasteiger partial charge in [0.25, 0.3) is 0 Å². The number of rotatable bonds is 1. The highest BCUT2D eigenvalue weighted by Gasteiger charge is 2.19. The molecule has 4 heteroatoms. The molecule has 78 valence electrons. The smallest absolute Gasteiger partial charge is 0.146 e. The Hall–Kier alpha value is -1.60. The zero-order valence-corrected chi connectivity index (χ0v) is 8.56. The molecule has 0 amide bonds. The SMILES string of the molecule is N#Cc1cccnc1N1CCC[C@@H](N)C1. The molecule has 0 aliphatic carbocycles. The third-order valence-electron chi connectivity index (χ3n) is 2.66. The van der Waals surface area contributed by atoms with E-state index in [1.54, 1.807) is 18.3 Å². The van der Waals surface area contributed by atoms with Crippen LogP contribution in [0.25, 0.3) is 0 Å². The van der Waals surface area contributed by atoms with Gasteiger partial charge in [0.2, 0.25) is 0 Å². The van der Waals surface area contributed by atoms with E-state index in [2.05, 4.69) is 16.0 Å². The minimum Gasteiger partial charge on any atom is -0.354 e. The van der Waals surface area contributed by atoms with Crippen molar-refractivity contribution in [2.75, 3.05) is 18.0 Å². The van der Waals surface area contributed by atoms with Crippen molar-refractivity contribution in [1.82, 2.24) is 4.98 Å². The van der Waals surface area contributed by atoms with E-state index < -0.39 is 0 Å². The van der Waals surface area contributed by atoms with E-state index in [1.807, 2.05) is 0 Å². The molecule has 0 unspecified atom stereocenters. The Morgan fingerprint density at radius 1 is 1.60 bits per heavy atom. The van der Waals surface area contributed by atoms with E-state index in [4.69, 9.17) is 11.0 Å². The average molecular weight is 202 g/mol. The van der Waals surface area contributed by atoms with Crippen molar-refractivity contribution in [2.45, 2.75) is 18.9 Å². The first-order valence-electron chi connectivity index (χ1n) is 5.17. The summed E-state index contributed by atoms with van der Waals surface area (Å²) in [6, 6.07) is 5.94. The number of nitrogens with two attached hydrogens (primary N) is 1. The minimum absolute atomic E-state index is 0.201. The molecular formula is C11H14N4. The van der Waals surface area contributed by atoms with Crippen molar-refractivity contribution in [2.24, 2.45) is 5.73 Å². The summed E-state index contributed by atoms with van der Waals surface area (Å²) in [5.41, 5.74) is 6.53. The van der Waals surface area contributed by atoms with Gasteiger partial charge in [0.1, 0.15) is 11.9 Å². The maximum Gasteiger partial charge on any atom is 0.146 e. The summed E-state index contributed by atoms with van der Waals surface area (Å²) in [7, 11) is 0. The van der Waals surface area contributed by atoms with Crippen LogP contribution in [0.1, 0.15) is 18.4 Å². The van der Waals surface area contributed by atoms with E-state index in [0.717, 1.165) is 31.7 Å². The van der Waals surface area contributed by atoms with Gasteiger partial charge >= 0.3 is 0 Å². The number of hydrogen-bond donors (Lipinski definition) is 1. The Kier molecular flexibility index (Phi) is 2.84. The van der Waals surface area contributed by atoms with Crippen LogP contribution >= 0.6 is 0 Å². The highest BCUT2D eigenvalue weighted by atomic mass is 15.2. The zero-order chi connectivity index (χ0) is 10.7. The van der Waals surface area contributed by atoms with Gasteiger partial charge in [-0.15, -0.1) is 0 Å². The molecule has 4 nitrogen and oxygen atoms in total. The summed E-state index contributed by atoms with van der Waals surface area (Å²) < 4.78 is 0. The van der Waals surface area contributed by atoms with Gasteiger partial charge in [0, 0.05) is 25.3 Å². The van der Waals surface area contributed by atoms with Crippen molar-refractivity contribution in [1.29, 1.82) is 5.26 Å². The Morgan fingerprint density at radius 2 is 2.47 bits per heavy atom. The Morgan fingerprint density at radius 3 is 3.20 bits per heavy atom. The molecular weight excluding hydrogens is 188 g/mol. The van der Waals surface area contributed by atoms with Gasteiger partial charge in [-0.2, -0.15) is 5.26 Å². The molecule has 1 atom stereocenters. The quantitative estimate of drug-likeness (QED) is 0.734. The zero-order valence-electron chi connectivity index (χ0n) is 8.56. The van der Waals surface area contributed by atoms with Gasteiger partial charge < -0.3 is 10.6 Å². The predicted octanol–water partition coefficient (Wildman–Crippen LogP) is 0.881. The molecule has 1 fully saturated rings. The molecule has 15 heavy (non-hydrogen) atoms. The van der Waals surface area contributed by atoms with Gasteiger partial charge in [-0.1, -0.05) is 0 Å². The highest BCUT2D eigenvalue weighted by Crippen LogP contribution is 2.20. The van der Waals surface area contributed by atoms with Crippen molar-refractivity contribution in [3.63, 3.8) is 0 Å². The number of nitriles is 1. The van der Waals surface area contributed by atoms with Crippen LogP contribution in [0.2, 0.25) is 0 Å². The lowest BCUT2D eigenvalue weighted by Crippen LogP contribution is -2.43. The molecule has 1 aliphatic rings. The standard InChI is InChI=1S/C11H14N4/c12-7-9-3-1-5-14-11(9)15-6-2-4-10(13)8-15/h1,3,5,10H,2,4,6,8,13H2/t10-/m1/s1. The first kappa shape index (κ1) is 9.94. The predicted molar refractivity (Wildman–Crippen MR) is 58.4 cm³/mol. The maximum absolute atomic E-state index is 8.97. The van der Waals surface area contributed by atoms with Crippen LogP contribution in [0, 0.1) is 11.3 Å². The molecule has 1 saturated heterocycles. The van der Waals surface area contributed by atoms with Crippen LogP contribution in [-0.4, -0.2) is 24.1 Å². The topological polar surface area (TPSA) is 65.9 Å². The minimum atomic E-state index is 0.201. The second-order valence-corrected chi connectivity index (χ2v) is 3.83. The number of nitrogens with zero attached hydrogens (tertiary/aromatic N) is 3.